The standard InChI is InChI=1S/C19H13BrFN5O2/c1-25-15-14(16(22)27)23-17(10-3-2-4-11(20)9-10)24-18(15)26(19(25)28)13-7-5-12(21)6-8-13/h2-9H,1H3,(H2,22,27). The zero-order valence-electron chi connectivity index (χ0n) is 14.6. The van der Waals surface area contributed by atoms with Gasteiger partial charge in [0.25, 0.3) is 5.91 Å². The SMILES string of the molecule is Cn1c(=O)n(-c2ccc(F)cc2)c2nc(-c3cccc(Br)c3)nc(C(N)=O)c21. The van der Waals surface area contributed by atoms with Gasteiger partial charge >= 0.3 is 5.69 Å². The molecule has 0 aliphatic rings. The van der Waals surface area contributed by atoms with Crippen molar-refractivity contribution in [3.63, 3.8) is 0 Å². The summed E-state index contributed by atoms with van der Waals surface area (Å²) in [6.45, 7) is 0. The van der Waals surface area contributed by atoms with Crippen LogP contribution in [0.1, 0.15) is 10.5 Å². The molecule has 2 heterocycles. The van der Waals surface area contributed by atoms with Crippen LogP contribution in [-0.2, 0) is 7.05 Å². The van der Waals surface area contributed by atoms with Gasteiger partial charge in [0.1, 0.15) is 11.3 Å². The summed E-state index contributed by atoms with van der Waals surface area (Å²) < 4.78 is 16.7. The van der Waals surface area contributed by atoms with Gasteiger partial charge in [-0.3, -0.25) is 9.36 Å². The lowest BCUT2D eigenvalue weighted by atomic mass is 10.2. The van der Waals surface area contributed by atoms with E-state index in [1.807, 2.05) is 6.07 Å². The van der Waals surface area contributed by atoms with E-state index in [4.69, 9.17) is 5.73 Å². The topological polar surface area (TPSA) is 95.8 Å². The minimum absolute atomic E-state index is 0.0690. The number of nitrogens with zero attached hydrogens (tertiary/aromatic N) is 4. The number of primary amides is 1. The lowest BCUT2D eigenvalue weighted by molar-refractivity contribution is 0.0997. The van der Waals surface area contributed by atoms with Crippen LogP contribution < -0.4 is 11.4 Å². The lowest BCUT2D eigenvalue weighted by Crippen LogP contribution is -2.21. The fourth-order valence-corrected chi connectivity index (χ4v) is 3.39. The van der Waals surface area contributed by atoms with Crippen molar-refractivity contribution in [2.45, 2.75) is 0 Å². The molecule has 2 aromatic heterocycles. The molecule has 2 N–H and O–H groups in total. The van der Waals surface area contributed by atoms with Crippen LogP contribution in [0.5, 0.6) is 0 Å². The van der Waals surface area contributed by atoms with Gasteiger partial charge in [0.2, 0.25) is 0 Å². The van der Waals surface area contributed by atoms with Gasteiger partial charge in [-0.25, -0.2) is 23.7 Å². The molecule has 0 saturated carbocycles. The molecule has 4 rings (SSSR count). The van der Waals surface area contributed by atoms with Crippen LogP contribution in [0.3, 0.4) is 0 Å². The van der Waals surface area contributed by atoms with Crippen LogP contribution in [0.25, 0.3) is 28.2 Å². The molecule has 140 valence electrons. The molecular weight excluding hydrogens is 429 g/mol. The second kappa shape index (κ2) is 6.68. The Kier molecular flexibility index (Phi) is 4.31. The third kappa shape index (κ3) is 2.89. The molecule has 0 bridgehead atoms. The number of benzene rings is 2. The summed E-state index contributed by atoms with van der Waals surface area (Å²) in [7, 11) is 1.50. The number of amides is 1. The van der Waals surface area contributed by atoms with Gasteiger partial charge in [-0.1, -0.05) is 28.1 Å². The highest BCUT2D eigenvalue weighted by atomic mass is 79.9. The van der Waals surface area contributed by atoms with Gasteiger partial charge in [-0.05, 0) is 36.4 Å². The highest BCUT2D eigenvalue weighted by Gasteiger charge is 2.22. The van der Waals surface area contributed by atoms with E-state index in [9.17, 15) is 14.0 Å². The number of halogens is 2. The quantitative estimate of drug-likeness (QED) is 0.528. The van der Waals surface area contributed by atoms with E-state index in [-0.39, 0.29) is 22.7 Å². The Morgan fingerprint density at radius 3 is 2.50 bits per heavy atom. The van der Waals surface area contributed by atoms with Crippen molar-refractivity contribution in [2.75, 3.05) is 0 Å². The molecule has 0 radical (unpaired) electrons. The average molecular weight is 442 g/mol. The summed E-state index contributed by atoms with van der Waals surface area (Å²) in [5.74, 6) is -0.973. The maximum atomic E-state index is 13.3. The smallest absolute Gasteiger partial charge is 0.334 e. The summed E-state index contributed by atoms with van der Waals surface area (Å²) in [6, 6.07) is 12.6. The number of imidazole rings is 1. The van der Waals surface area contributed by atoms with Crippen molar-refractivity contribution in [3.05, 3.63) is 75.0 Å². The van der Waals surface area contributed by atoms with Gasteiger partial charge < -0.3 is 5.73 Å². The molecule has 0 fully saturated rings. The Hall–Kier alpha value is -3.33. The number of fused-ring (bicyclic) bond motifs is 1. The maximum absolute atomic E-state index is 13.3. The molecule has 0 spiro atoms. The molecular formula is C19H13BrFN5O2. The van der Waals surface area contributed by atoms with Crippen molar-refractivity contribution in [1.29, 1.82) is 0 Å². The first-order valence-corrected chi connectivity index (χ1v) is 8.97. The van der Waals surface area contributed by atoms with E-state index in [1.165, 1.54) is 40.4 Å². The monoisotopic (exact) mass is 441 g/mol. The highest BCUT2D eigenvalue weighted by molar-refractivity contribution is 9.10. The molecule has 9 heteroatoms. The summed E-state index contributed by atoms with van der Waals surface area (Å²) in [6.07, 6.45) is 0. The predicted octanol–water partition coefficient (Wildman–Crippen LogP) is 2.79. The van der Waals surface area contributed by atoms with Gasteiger partial charge in [0.05, 0.1) is 5.69 Å². The molecule has 0 saturated heterocycles. The van der Waals surface area contributed by atoms with Crippen molar-refractivity contribution in [3.8, 4) is 17.1 Å². The number of carbonyl (C=O) groups excluding carboxylic acids is 1. The first-order chi connectivity index (χ1) is 13.4. The second-order valence-corrected chi connectivity index (χ2v) is 7.01. The average Bonchev–Trinajstić information content (AvgIpc) is 2.92. The third-order valence-electron chi connectivity index (χ3n) is 4.29. The minimum atomic E-state index is -0.782. The predicted molar refractivity (Wildman–Crippen MR) is 106 cm³/mol. The van der Waals surface area contributed by atoms with Crippen LogP contribution in [0, 0.1) is 5.82 Å². The van der Waals surface area contributed by atoms with Crippen molar-refractivity contribution in [2.24, 2.45) is 12.8 Å². The zero-order valence-corrected chi connectivity index (χ0v) is 16.1. The van der Waals surface area contributed by atoms with E-state index in [0.29, 0.717) is 11.3 Å². The fraction of sp³-hybridized carbons (Fsp3) is 0.0526. The Morgan fingerprint density at radius 1 is 1.14 bits per heavy atom. The molecule has 0 unspecified atom stereocenters. The molecule has 0 aliphatic heterocycles. The molecule has 7 nitrogen and oxygen atoms in total. The summed E-state index contributed by atoms with van der Waals surface area (Å²) in [5, 5.41) is 0. The van der Waals surface area contributed by atoms with E-state index in [1.54, 1.807) is 18.2 Å². The molecule has 4 aromatic rings. The highest BCUT2D eigenvalue weighted by Crippen LogP contribution is 2.25. The first kappa shape index (κ1) is 18.1. The van der Waals surface area contributed by atoms with Crippen LogP contribution in [0.4, 0.5) is 4.39 Å². The first-order valence-electron chi connectivity index (χ1n) is 8.18. The van der Waals surface area contributed by atoms with Crippen molar-refractivity contribution in [1.82, 2.24) is 19.1 Å². The third-order valence-corrected chi connectivity index (χ3v) is 4.79. The van der Waals surface area contributed by atoms with E-state index in [0.717, 1.165) is 4.47 Å². The normalized spacial score (nSPS) is 11.1. The molecule has 2 aromatic carbocycles. The fourth-order valence-electron chi connectivity index (χ4n) is 3.00. The Balaban J connectivity index is 2.11. The second-order valence-electron chi connectivity index (χ2n) is 6.10. The maximum Gasteiger partial charge on any atom is 0.334 e. The van der Waals surface area contributed by atoms with E-state index >= 15 is 0 Å². The molecule has 1 amide bonds. The number of hydrogen-bond donors (Lipinski definition) is 1. The summed E-state index contributed by atoms with van der Waals surface area (Å²) in [5.41, 5.74) is 6.47. The van der Waals surface area contributed by atoms with E-state index in [2.05, 4.69) is 25.9 Å². The number of aryl methyl sites for hydroxylation is 1. The lowest BCUT2D eigenvalue weighted by Gasteiger charge is -2.07. The number of carbonyl (C=O) groups is 1. The van der Waals surface area contributed by atoms with Gasteiger partial charge in [-0.15, -0.1) is 0 Å². The van der Waals surface area contributed by atoms with Crippen LogP contribution in [0.15, 0.2) is 57.8 Å². The number of rotatable bonds is 3. The van der Waals surface area contributed by atoms with Crippen LogP contribution in [-0.4, -0.2) is 25.0 Å². The molecule has 28 heavy (non-hydrogen) atoms. The Morgan fingerprint density at radius 2 is 1.86 bits per heavy atom. The number of hydrogen-bond acceptors (Lipinski definition) is 4. The minimum Gasteiger partial charge on any atom is -0.364 e. The van der Waals surface area contributed by atoms with Gasteiger partial charge in [-0.2, -0.15) is 0 Å². The van der Waals surface area contributed by atoms with Crippen molar-refractivity contribution < 1.29 is 9.18 Å². The number of aromatic nitrogens is 4. The molecule has 0 atom stereocenters. The van der Waals surface area contributed by atoms with Crippen LogP contribution in [0.2, 0.25) is 0 Å². The molecule has 0 aliphatic carbocycles. The van der Waals surface area contributed by atoms with Crippen LogP contribution >= 0.6 is 15.9 Å². The van der Waals surface area contributed by atoms with Crippen molar-refractivity contribution >= 4 is 33.0 Å². The summed E-state index contributed by atoms with van der Waals surface area (Å²) in [4.78, 5) is 33.7. The van der Waals surface area contributed by atoms with E-state index < -0.39 is 17.4 Å². The summed E-state index contributed by atoms with van der Waals surface area (Å²) >= 11 is 3.39. The number of nitrogens with two attached hydrogens (primary N) is 1. The largest absolute Gasteiger partial charge is 0.364 e. The Bertz CT molecular complexity index is 1290. The zero-order chi connectivity index (χ0) is 20.0. The van der Waals surface area contributed by atoms with Gasteiger partial charge in [0, 0.05) is 17.1 Å². The van der Waals surface area contributed by atoms with Gasteiger partial charge in [0.15, 0.2) is 17.2 Å². The Labute approximate surface area is 166 Å².